The summed E-state index contributed by atoms with van der Waals surface area (Å²) in [5.41, 5.74) is 10.5. The zero-order valence-corrected chi connectivity index (χ0v) is 5.82. The Morgan fingerprint density at radius 2 is 1.89 bits per heavy atom. The van der Waals surface area contributed by atoms with Gasteiger partial charge in [-0.05, 0) is 12.8 Å². The number of hydrogen-bond donors (Lipinski definition) is 2. The molecule has 1 saturated heterocycles. The smallest absolute Gasteiger partial charge is 0.182 e. The van der Waals surface area contributed by atoms with Gasteiger partial charge >= 0.3 is 0 Å². The Hall–Kier alpha value is -0.130. The first kappa shape index (κ1) is 6.98. The minimum Gasteiger partial charge on any atom is -0.301 e. The minimum atomic E-state index is -3.17. The Balaban J connectivity index is 3.03. The summed E-state index contributed by atoms with van der Waals surface area (Å²) < 4.78 is 21.7. The maximum absolute atomic E-state index is 10.8. The molecule has 4 N–H and O–H groups in total. The van der Waals surface area contributed by atoms with Crippen LogP contribution in [0.4, 0.5) is 0 Å². The van der Waals surface area contributed by atoms with Crippen molar-refractivity contribution in [3.63, 3.8) is 0 Å². The highest BCUT2D eigenvalue weighted by molar-refractivity contribution is 7.92. The maximum Gasteiger partial charge on any atom is 0.182 e. The van der Waals surface area contributed by atoms with Gasteiger partial charge in [0.15, 0.2) is 14.8 Å². The number of rotatable bonds is 0. The Morgan fingerprint density at radius 1 is 1.33 bits per heavy atom. The summed E-state index contributed by atoms with van der Waals surface area (Å²) in [6, 6.07) is 0. The second-order valence-electron chi connectivity index (χ2n) is 2.38. The summed E-state index contributed by atoms with van der Waals surface area (Å²) in [7, 11) is -3.17. The first-order chi connectivity index (χ1) is 3.96. The van der Waals surface area contributed by atoms with Crippen molar-refractivity contribution in [3.05, 3.63) is 0 Å². The summed E-state index contributed by atoms with van der Waals surface area (Å²) in [6.07, 6.45) is 0.977. The average Bonchev–Trinajstić information content (AvgIpc) is 1.81. The molecule has 1 aliphatic rings. The van der Waals surface area contributed by atoms with Crippen LogP contribution in [0.2, 0.25) is 0 Å². The molecule has 0 spiro atoms. The van der Waals surface area contributed by atoms with E-state index in [0.717, 1.165) is 0 Å². The third-order valence-electron chi connectivity index (χ3n) is 1.56. The third-order valence-corrected chi connectivity index (χ3v) is 3.75. The quantitative estimate of drug-likeness (QED) is 0.423. The third kappa shape index (κ3) is 0.953. The molecule has 1 rings (SSSR count). The first-order valence-corrected chi connectivity index (χ1v) is 4.41. The molecule has 5 heteroatoms. The van der Waals surface area contributed by atoms with Crippen molar-refractivity contribution in [2.24, 2.45) is 11.5 Å². The molecule has 1 aliphatic heterocycles. The van der Waals surface area contributed by atoms with E-state index in [2.05, 4.69) is 0 Å². The first-order valence-electron chi connectivity index (χ1n) is 2.76. The molecule has 0 aromatic heterocycles. The van der Waals surface area contributed by atoms with Crippen molar-refractivity contribution in [1.29, 1.82) is 0 Å². The molecule has 1 heterocycles. The molecule has 0 aromatic carbocycles. The predicted octanol–water partition coefficient (Wildman–Crippen LogP) is -1.23. The van der Waals surface area contributed by atoms with Gasteiger partial charge in [0.25, 0.3) is 0 Å². The van der Waals surface area contributed by atoms with Crippen LogP contribution in [0.25, 0.3) is 0 Å². The van der Waals surface area contributed by atoms with Crippen LogP contribution >= 0.6 is 0 Å². The van der Waals surface area contributed by atoms with Gasteiger partial charge in [-0.15, -0.1) is 0 Å². The van der Waals surface area contributed by atoms with Crippen LogP contribution in [0.5, 0.6) is 0 Å². The van der Waals surface area contributed by atoms with Crippen molar-refractivity contribution in [2.75, 3.05) is 5.75 Å². The molecule has 0 saturated carbocycles. The Morgan fingerprint density at radius 3 is 2.00 bits per heavy atom. The van der Waals surface area contributed by atoms with Gasteiger partial charge in [0.2, 0.25) is 0 Å². The van der Waals surface area contributed by atoms with Gasteiger partial charge in [0, 0.05) is 0 Å². The van der Waals surface area contributed by atoms with Crippen molar-refractivity contribution >= 4 is 9.84 Å². The van der Waals surface area contributed by atoms with Gasteiger partial charge in [-0.25, -0.2) is 8.42 Å². The SMILES string of the molecule is NC1(N)CCCS1(=O)=O. The number of hydrogen-bond acceptors (Lipinski definition) is 4. The molecule has 4 nitrogen and oxygen atoms in total. The molecule has 54 valence electrons. The average molecular weight is 150 g/mol. The van der Waals surface area contributed by atoms with E-state index in [0.29, 0.717) is 12.8 Å². The molecule has 0 atom stereocenters. The highest BCUT2D eigenvalue weighted by atomic mass is 32.2. The van der Waals surface area contributed by atoms with E-state index >= 15 is 0 Å². The molecule has 0 amide bonds. The van der Waals surface area contributed by atoms with Crippen LogP contribution < -0.4 is 11.5 Å². The van der Waals surface area contributed by atoms with Gasteiger partial charge in [0.05, 0.1) is 5.75 Å². The van der Waals surface area contributed by atoms with Crippen molar-refractivity contribution < 1.29 is 8.42 Å². The molecule has 0 aromatic rings. The summed E-state index contributed by atoms with van der Waals surface area (Å²) >= 11 is 0. The van der Waals surface area contributed by atoms with Crippen molar-refractivity contribution in [1.82, 2.24) is 0 Å². The van der Waals surface area contributed by atoms with Gasteiger partial charge in [-0.3, -0.25) is 0 Å². The van der Waals surface area contributed by atoms with Gasteiger partial charge < -0.3 is 11.5 Å². The molecule has 0 unspecified atom stereocenters. The molecule has 1 fully saturated rings. The normalized spacial score (nSPS) is 30.4. The second kappa shape index (κ2) is 1.68. The summed E-state index contributed by atoms with van der Waals surface area (Å²) in [5, 5.41) is 0. The monoisotopic (exact) mass is 150 g/mol. The van der Waals surface area contributed by atoms with Crippen LogP contribution in [0.15, 0.2) is 0 Å². The molecular formula is C4H10N2O2S. The molecule has 0 bridgehead atoms. The lowest BCUT2D eigenvalue weighted by molar-refractivity contribution is 0.532. The Bertz CT molecular complexity index is 207. The lowest BCUT2D eigenvalue weighted by atomic mass is 10.3. The van der Waals surface area contributed by atoms with Crippen LogP contribution in [0, 0.1) is 0 Å². The van der Waals surface area contributed by atoms with Crippen LogP contribution in [0.1, 0.15) is 12.8 Å². The largest absolute Gasteiger partial charge is 0.301 e. The maximum atomic E-state index is 10.8. The lowest BCUT2D eigenvalue weighted by Crippen LogP contribution is -2.52. The topological polar surface area (TPSA) is 86.2 Å². The highest BCUT2D eigenvalue weighted by Crippen LogP contribution is 2.21. The van der Waals surface area contributed by atoms with Crippen LogP contribution in [-0.2, 0) is 9.84 Å². The molecule has 9 heavy (non-hydrogen) atoms. The lowest BCUT2D eigenvalue weighted by Gasteiger charge is -2.14. The highest BCUT2D eigenvalue weighted by Gasteiger charge is 2.40. The van der Waals surface area contributed by atoms with Crippen molar-refractivity contribution in [3.8, 4) is 0 Å². The van der Waals surface area contributed by atoms with E-state index in [1.165, 1.54) is 0 Å². The minimum absolute atomic E-state index is 0.139. The van der Waals surface area contributed by atoms with Crippen LogP contribution in [-0.4, -0.2) is 19.2 Å². The van der Waals surface area contributed by atoms with E-state index in [9.17, 15) is 8.42 Å². The van der Waals surface area contributed by atoms with Crippen LogP contribution in [0.3, 0.4) is 0 Å². The number of sulfone groups is 1. The summed E-state index contributed by atoms with van der Waals surface area (Å²) in [5.74, 6) is 0.139. The zero-order valence-electron chi connectivity index (χ0n) is 5.00. The molecular weight excluding hydrogens is 140 g/mol. The fourth-order valence-corrected chi connectivity index (χ4v) is 2.24. The molecule has 0 radical (unpaired) electrons. The Kier molecular flexibility index (Phi) is 1.30. The van der Waals surface area contributed by atoms with Gasteiger partial charge in [-0.1, -0.05) is 0 Å². The zero-order chi connectivity index (χ0) is 7.12. The van der Waals surface area contributed by atoms with Crippen molar-refractivity contribution in [2.45, 2.75) is 17.8 Å². The van der Waals surface area contributed by atoms with Gasteiger partial charge in [0.1, 0.15) is 0 Å². The van der Waals surface area contributed by atoms with E-state index in [4.69, 9.17) is 11.5 Å². The molecule has 0 aliphatic carbocycles. The van der Waals surface area contributed by atoms with E-state index in [1.807, 2.05) is 0 Å². The fourth-order valence-electron chi connectivity index (χ4n) is 0.884. The van der Waals surface area contributed by atoms with E-state index in [-0.39, 0.29) is 5.75 Å². The standard InChI is InChI=1S/C4H10N2O2S/c5-4(6)2-1-3-9(4,7)8/h1-3,5-6H2. The Labute approximate surface area is 54.1 Å². The fraction of sp³-hybridized carbons (Fsp3) is 1.00. The summed E-state index contributed by atoms with van der Waals surface area (Å²) in [4.78, 5) is -1.44. The summed E-state index contributed by atoms with van der Waals surface area (Å²) in [6.45, 7) is 0. The van der Waals surface area contributed by atoms with E-state index in [1.54, 1.807) is 0 Å². The van der Waals surface area contributed by atoms with E-state index < -0.39 is 14.8 Å². The second-order valence-corrected chi connectivity index (χ2v) is 4.78. The van der Waals surface area contributed by atoms with Gasteiger partial charge in [-0.2, -0.15) is 0 Å². The predicted molar refractivity (Wildman–Crippen MR) is 34.1 cm³/mol. The number of nitrogens with two attached hydrogens (primary N) is 2.